The van der Waals surface area contributed by atoms with E-state index in [2.05, 4.69) is 28.1 Å². The fraction of sp³-hybridized carbons (Fsp3) is 0.462. The van der Waals surface area contributed by atoms with Crippen molar-refractivity contribution in [1.29, 1.82) is 0 Å². The summed E-state index contributed by atoms with van der Waals surface area (Å²) < 4.78 is 1.08. The topological polar surface area (TPSA) is 37.3 Å². The van der Waals surface area contributed by atoms with Gasteiger partial charge < -0.3 is 5.11 Å². The molecule has 0 spiro atoms. The van der Waals surface area contributed by atoms with E-state index in [1.165, 1.54) is 11.1 Å². The SMILES string of the molecule is C.O=C(O)CC1CCCc2cc(Br)ccc21. The van der Waals surface area contributed by atoms with E-state index < -0.39 is 5.97 Å². The summed E-state index contributed by atoms with van der Waals surface area (Å²) in [7, 11) is 0. The number of aryl methyl sites for hydroxylation is 1. The molecule has 3 heteroatoms. The third kappa shape index (κ3) is 2.85. The maximum absolute atomic E-state index is 10.7. The molecule has 1 aromatic carbocycles. The minimum Gasteiger partial charge on any atom is -0.481 e. The molecule has 1 aliphatic carbocycles. The van der Waals surface area contributed by atoms with Crippen molar-refractivity contribution in [2.75, 3.05) is 0 Å². The molecular formula is C13H17BrO2. The molecule has 0 aromatic heterocycles. The second-order valence-corrected chi connectivity index (χ2v) is 4.95. The highest BCUT2D eigenvalue weighted by atomic mass is 79.9. The fourth-order valence-electron chi connectivity index (χ4n) is 2.31. The molecule has 2 nitrogen and oxygen atoms in total. The third-order valence-electron chi connectivity index (χ3n) is 2.96. The minimum absolute atomic E-state index is 0. The summed E-state index contributed by atoms with van der Waals surface area (Å²) in [6.45, 7) is 0. The van der Waals surface area contributed by atoms with E-state index in [-0.39, 0.29) is 19.8 Å². The van der Waals surface area contributed by atoms with E-state index in [9.17, 15) is 4.79 Å². The van der Waals surface area contributed by atoms with Gasteiger partial charge in [0, 0.05) is 4.47 Å². The van der Waals surface area contributed by atoms with Crippen molar-refractivity contribution in [2.45, 2.75) is 39.0 Å². The van der Waals surface area contributed by atoms with Gasteiger partial charge in [0.25, 0.3) is 0 Å². The maximum Gasteiger partial charge on any atom is 0.303 e. The number of benzene rings is 1. The summed E-state index contributed by atoms with van der Waals surface area (Å²) in [5.74, 6) is -0.491. The Bertz CT molecular complexity index is 388. The average Bonchev–Trinajstić information content (AvgIpc) is 2.16. The zero-order valence-corrected chi connectivity index (χ0v) is 9.96. The van der Waals surface area contributed by atoms with Crippen LogP contribution < -0.4 is 0 Å². The van der Waals surface area contributed by atoms with Gasteiger partial charge in [0.05, 0.1) is 6.42 Å². The van der Waals surface area contributed by atoms with Gasteiger partial charge in [0.1, 0.15) is 0 Å². The first kappa shape index (κ1) is 13.2. The van der Waals surface area contributed by atoms with Gasteiger partial charge in [-0.2, -0.15) is 0 Å². The molecule has 1 atom stereocenters. The van der Waals surface area contributed by atoms with Gasteiger partial charge in [-0.1, -0.05) is 29.4 Å². The summed E-state index contributed by atoms with van der Waals surface area (Å²) in [4.78, 5) is 10.7. The summed E-state index contributed by atoms with van der Waals surface area (Å²) in [5.41, 5.74) is 2.54. The Kier molecular flexibility index (Phi) is 4.54. The molecule has 2 rings (SSSR count). The maximum atomic E-state index is 10.7. The number of fused-ring (bicyclic) bond motifs is 1. The number of rotatable bonds is 2. The van der Waals surface area contributed by atoms with E-state index in [0.717, 1.165) is 23.7 Å². The quantitative estimate of drug-likeness (QED) is 0.892. The number of carboxylic acids is 1. The Morgan fingerprint density at radius 1 is 1.50 bits per heavy atom. The van der Waals surface area contributed by atoms with Crippen molar-refractivity contribution in [3.63, 3.8) is 0 Å². The summed E-state index contributed by atoms with van der Waals surface area (Å²) in [6, 6.07) is 6.18. The van der Waals surface area contributed by atoms with Gasteiger partial charge in [0.2, 0.25) is 0 Å². The molecule has 0 saturated heterocycles. The lowest BCUT2D eigenvalue weighted by molar-refractivity contribution is -0.137. The first-order chi connectivity index (χ1) is 7.16. The lowest BCUT2D eigenvalue weighted by atomic mass is 9.81. The number of halogens is 1. The molecule has 0 amide bonds. The van der Waals surface area contributed by atoms with Crippen molar-refractivity contribution in [3.05, 3.63) is 33.8 Å². The Hall–Kier alpha value is -0.830. The molecular weight excluding hydrogens is 268 g/mol. The van der Waals surface area contributed by atoms with Crippen molar-refractivity contribution in [2.24, 2.45) is 0 Å². The summed E-state index contributed by atoms with van der Waals surface area (Å²) in [6.07, 6.45) is 3.43. The molecule has 1 aromatic rings. The Labute approximate surface area is 105 Å². The largest absolute Gasteiger partial charge is 0.481 e. The lowest BCUT2D eigenvalue weighted by Crippen LogP contribution is -2.13. The number of hydrogen-bond acceptors (Lipinski definition) is 1. The first-order valence-corrected chi connectivity index (χ1v) is 5.96. The standard InChI is InChI=1S/C12H13BrO2.CH4/c13-10-4-5-11-8(6-10)2-1-3-9(11)7-12(14)15;/h4-6,9H,1-3,7H2,(H,14,15);1H4. The van der Waals surface area contributed by atoms with Crippen molar-refractivity contribution in [3.8, 4) is 0 Å². The Morgan fingerprint density at radius 3 is 2.94 bits per heavy atom. The van der Waals surface area contributed by atoms with Gasteiger partial charge in [-0.25, -0.2) is 0 Å². The van der Waals surface area contributed by atoms with Crippen LogP contribution in [0.3, 0.4) is 0 Å². The third-order valence-corrected chi connectivity index (χ3v) is 3.46. The van der Waals surface area contributed by atoms with E-state index in [4.69, 9.17) is 5.11 Å². The zero-order valence-electron chi connectivity index (χ0n) is 8.37. The molecule has 16 heavy (non-hydrogen) atoms. The summed E-state index contributed by atoms with van der Waals surface area (Å²) in [5, 5.41) is 8.84. The van der Waals surface area contributed by atoms with Crippen LogP contribution >= 0.6 is 15.9 Å². The second kappa shape index (κ2) is 5.48. The van der Waals surface area contributed by atoms with Crippen LogP contribution in [-0.4, -0.2) is 11.1 Å². The van der Waals surface area contributed by atoms with Crippen LogP contribution in [-0.2, 0) is 11.2 Å². The van der Waals surface area contributed by atoms with Crippen LogP contribution in [0.1, 0.15) is 43.7 Å². The van der Waals surface area contributed by atoms with Crippen LogP contribution in [0.15, 0.2) is 22.7 Å². The number of carboxylic acid groups (broad SMARTS) is 1. The molecule has 0 saturated carbocycles. The highest BCUT2D eigenvalue weighted by Crippen LogP contribution is 2.35. The zero-order chi connectivity index (χ0) is 10.8. The van der Waals surface area contributed by atoms with Gasteiger partial charge in [-0.3, -0.25) is 4.79 Å². The van der Waals surface area contributed by atoms with E-state index >= 15 is 0 Å². The predicted molar refractivity (Wildman–Crippen MR) is 68.8 cm³/mol. The Balaban J connectivity index is 0.00000128. The van der Waals surface area contributed by atoms with E-state index in [0.29, 0.717) is 0 Å². The molecule has 0 heterocycles. The molecule has 1 aliphatic rings. The number of hydrogen-bond donors (Lipinski definition) is 1. The van der Waals surface area contributed by atoms with Crippen molar-refractivity contribution in [1.82, 2.24) is 0 Å². The van der Waals surface area contributed by atoms with Gasteiger partial charge in [-0.05, 0) is 48.4 Å². The van der Waals surface area contributed by atoms with Crippen molar-refractivity contribution >= 4 is 21.9 Å². The van der Waals surface area contributed by atoms with Crippen LogP contribution in [0.5, 0.6) is 0 Å². The molecule has 0 radical (unpaired) electrons. The summed E-state index contributed by atoms with van der Waals surface area (Å²) >= 11 is 3.44. The predicted octanol–water partition coefficient (Wildman–Crippen LogP) is 3.98. The molecule has 0 fully saturated rings. The Morgan fingerprint density at radius 2 is 2.25 bits per heavy atom. The molecule has 1 unspecified atom stereocenters. The van der Waals surface area contributed by atoms with E-state index in [1.54, 1.807) is 0 Å². The van der Waals surface area contributed by atoms with Crippen LogP contribution in [0.4, 0.5) is 0 Å². The van der Waals surface area contributed by atoms with Gasteiger partial charge in [0.15, 0.2) is 0 Å². The minimum atomic E-state index is -0.698. The number of aliphatic carboxylic acids is 1. The van der Waals surface area contributed by atoms with Crippen LogP contribution in [0.2, 0.25) is 0 Å². The monoisotopic (exact) mass is 284 g/mol. The molecule has 88 valence electrons. The van der Waals surface area contributed by atoms with E-state index in [1.807, 2.05) is 6.07 Å². The number of carbonyl (C=O) groups is 1. The van der Waals surface area contributed by atoms with Gasteiger partial charge in [-0.15, -0.1) is 0 Å². The second-order valence-electron chi connectivity index (χ2n) is 4.03. The molecule has 0 aliphatic heterocycles. The van der Waals surface area contributed by atoms with Crippen LogP contribution in [0, 0.1) is 0 Å². The average molecular weight is 285 g/mol. The highest BCUT2D eigenvalue weighted by molar-refractivity contribution is 9.10. The lowest BCUT2D eigenvalue weighted by Gasteiger charge is -2.24. The van der Waals surface area contributed by atoms with Gasteiger partial charge >= 0.3 is 5.97 Å². The van der Waals surface area contributed by atoms with Crippen LogP contribution in [0.25, 0.3) is 0 Å². The first-order valence-electron chi connectivity index (χ1n) is 5.17. The smallest absolute Gasteiger partial charge is 0.303 e. The molecule has 1 N–H and O–H groups in total. The van der Waals surface area contributed by atoms with Crippen molar-refractivity contribution < 1.29 is 9.90 Å². The highest BCUT2D eigenvalue weighted by Gasteiger charge is 2.22. The normalized spacial score (nSPS) is 18.4. The fourth-order valence-corrected chi connectivity index (χ4v) is 2.71. The molecule has 0 bridgehead atoms.